The molecule has 10 rings (SSSR count). The van der Waals surface area contributed by atoms with E-state index < -0.39 is 0 Å². The Hall–Kier alpha value is -5.86. The second kappa shape index (κ2) is 17.1. The van der Waals surface area contributed by atoms with Crippen LogP contribution in [0.2, 0.25) is 0 Å². The lowest BCUT2D eigenvalue weighted by Gasteiger charge is -2.49. The summed E-state index contributed by atoms with van der Waals surface area (Å²) in [6, 6.07) is 21.7. The largest absolute Gasteiger partial charge is 0.372 e. The molecule has 4 fully saturated rings. The van der Waals surface area contributed by atoms with Crippen LogP contribution in [0.15, 0.2) is 84.3 Å². The maximum absolute atomic E-state index is 13.5. The average molecular weight is 836 g/mol. The van der Waals surface area contributed by atoms with Gasteiger partial charge in [0, 0.05) is 106 Å². The van der Waals surface area contributed by atoms with Crippen molar-refractivity contribution in [2.24, 2.45) is 5.92 Å². The molecule has 2 unspecified atom stereocenters. The molecule has 62 heavy (non-hydrogen) atoms. The molecule has 4 saturated heterocycles. The van der Waals surface area contributed by atoms with Crippen LogP contribution in [0.3, 0.4) is 0 Å². The van der Waals surface area contributed by atoms with Crippen molar-refractivity contribution in [1.82, 2.24) is 39.4 Å². The van der Waals surface area contributed by atoms with Crippen LogP contribution in [0.4, 0.5) is 23.0 Å². The zero-order valence-corrected chi connectivity index (χ0v) is 35.7. The fourth-order valence-electron chi connectivity index (χ4n) is 10.5. The number of piperidine rings is 2. The van der Waals surface area contributed by atoms with E-state index in [0.29, 0.717) is 54.1 Å². The number of nitrogens with zero attached hydrogens (tertiary/aromatic N) is 9. The number of hydrogen-bond donors (Lipinski definition) is 2. The van der Waals surface area contributed by atoms with Gasteiger partial charge in [-0.25, -0.2) is 19.3 Å². The first-order chi connectivity index (χ1) is 30.3. The Morgan fingerprint density at radius 2 is 1.55 bits per heavy atom. The minimum absolute atomic E-state index is 0.164. The Morgan fingerprint density at radius 1 is 0.823 bits per heavy atom. The third-order valence-corrected chi connectivity index (χ3v) is 14.1. The van der Waals surface area contributed by atoms with E-state index in [1.54, 1.807) is 17.0 Å². The second-order valence-electron chi connectivity index (χ2n) is 17.9. The van der Waals surface area contributed by atoms with Gasteiger partial charge >= 0.3 is 0 Å². The molecular weight excluding hydrogens is 779 g/mol. The number of pyridine rings is 1. The molecular formula is C48H57N11O3. The highest BCUT2D eigenvalue weighted by atomic mass is 16.2. The molecule has 0 spiro atoms. The van der Waals surface area contributed by atoms with Crippen molar-refractivity contribution in [2.45, 2.75) is 76.3 Å². The van der Waals surface area contributed by atoms with Crippen LogP contribution in [-0.2, 0) is 22.6 Å². The molecule has 2 atom stereocenters. The first-order valence-electron chi connectivity index (χ1n) is 22.7. The highest BCUT2D eigenvalue weighted by Gasteiger charge is 2.35. The van der Waals surface area contributed by atoms with Gasteiger partial charge in [0.2, 0.25) is 17.8 Å². The summed E-state index contributed by atoms with van der Waals surface area (Å²) in [6.07, 6.45) is 9.91. The van der Waals surface area contributed by atoms with Gasteiger partial charge < -0.3 is 15.1 Å². The summed E-state index contributed by atoms with van der Waals surface area (Å²) < 4.78 is 3.46. The molecule has 322 valence electrons. The number of carbonyl (C=O) groups is 2. The van der Waals surface area contributed by atoms with Crippen LogP contribution in [-0.4, -0.2) is 111 Å². The number of aromatic nitrogens is 5. The Labute approximate surface area is 362 Å². The van der Waals surface area contributed by atoms with Crippen molar-refractivity contribution in [1.29, 1.82) is 0 Å². The lowest BCUT2D eigenvalue weighted by molar-refractivity contribution is -0.134. The predicted molar refractivity (Wildman–Crippen MR) is 243 cm³/mol. The monoisotopic (exact) mass is 835 g/mol. The number of rotatable bonds is 12. The van der Waals surface area contributed by atoms with Crippen LogP contribution >= 0.6 is 0 Å². The summed E-state index contributed by atoms with van der Waals surface area (Å²) in [5.74, 6) is 1.69. The molecule has 7 heterocycles. The van der Waals surface area contributed by atoms with Crippen LogP contribution < -0.4 is 26.0 Å². The Balaban J connectivity index is 0.694. The number of nitrogens with one attached hydrogen (secondary N) is 2. The van der Waals surface area contributed by atoms with E-state index in [1.165, 1.54) is 36.3 Å². The standard InChI is InChI=1S/C48H57N11O3/c1-3-21-58-47(62)41-28-49-48(53-45(41)59(58)42-17-9-35-6-5-33(4-2)44(35)51-42)50-36-10-14-38(15-11-36)56-24-26-57(27-25-56)39-30-54(31-39)29-32-19-22-55(23-20-32)37-12-7-34(8-13-37)40-16-18-43(60)52-46(40)61/h3,7-15,17,28,32-33,39-40H,1,4-6,16,18-27,29-31H2,2H3,(H,49,50,53)(H,52,60,61). The Kier molecular flexibility index (Phi) is 11.1. The average Bonchev–Trinajstić information content (AvgIpc) is 3.82. The molecule has 1 aliphatic carbocycles. The maximum atomic E-state index is 13.5. The lowest BCUT2D eigenvalue weighted by atomic mass is 9.90. The molecule has 2 amide bonds. The number of benzene rings is 2. The Bertz CT molecular complexity index is 2510. The summed E-state index contributed by atoms with van der Waals surface area (Å²) in [5, 5.41) is 6.30. The van der Waals surface area contributed by atoms with Crippen molar-refractivity contribution >= 4 is 45.9 Å². The number of piperazine rings is 1. The molecule has 5 aliphatic rings. The number of aryl methyl sites for hydroxylation is 1. The minimum Gasteiger partial charge on any atom is -0.372 e. The van der Waals surface area contributed by atoms with E-state index in [1.807, 2.05) is 10.7 Å². The number of imide groups is 1. The normalized spacial score (nSPS) is 21.6. The SMILES string of the molecule is C=CCn1c(=O)c2cnc(Nc3ccc(N4CCN(C5CN(CC6CCN(c7ccc(C8CCC(=O)NC8=O)cc7)CC6)C5)CC4)cc3)nc2n1-c1ccc2c(n1)C(CC)CC2. The van der Waals surface area contributed by atoms with Gasteiger partial charge in [-0.2, -0.15) is 4.98 Å². The van der Waals surface area contributed by atoms with Crippen molar-refractivity contribution in [3.05, 3.63) is 107 Å². The van der Waals surface area contributed by atoms with Crippen LogP contribution in [0.25, 0.3) is 16.9 Å². The third kappa shape index (κ3) is 7.90. The molecule has 0 bridgehead atoms. The van der Waals surface area contributed by atoms with E-state index in [-0.39, 0.29) is 23.3 Å². The molecule has 0 saturated carbocycles. The van der Waals surface area contributed by atoms with Crippen molar-refractivity contribution < 1.29 is 9.59 Å². The van der Waals surface area contributed by atoms with Gasteiger partial charge in [-0.3, -0.25) is 29.5 Å². The molecule has 2 N–H and O–H groups in total. The first-order valence-corrected chi connectivity index (χ1v) is 22.7. The fourth-order valence-corrected chi connectivity index (χ4v) is 10.5. The summed E-state index contributed by atoms with van der Waals surface area (Å²) in [5.41, 5.74) is 7.08. The molecule has 3 aromatic heterocycles. The Morgan fingerprint density at radius 3 is 2.26 bits per heavy atom. The van der Waals surface area contributed by atoms with Crippen LogP contribution in [0, 0.1) is 5.92 Å². The van der Waals surface area contributed by atoms with Crippen molar-refractivity contribution in [2.75, 3.05) is 74.0 Å². The number of allylic oxidation sites excluding steroid dienone is 1. The topological polar surface area (TPSA) is 137 Å². The minimum atomic E-state index is -0.232. The molecule has 14 heteroatoms. The number of hydrogen-bond acceptors (Lipinski definition) is 11. The first kappa shape index (κ1) is 40.2. The predicted octanol–water partition coefficient (Wildman–Crippen LogP) is 5.59. The summed E-state index contributed by atoms with van der Waals surface area (Å²) in [6.45, 7) is 16.2. The van der Waals surface area contributed by atoms with E-state index in [9.17, 15) is 14.4 Å². The molecule has 14 nitrogen and oxygen atoms in total. The fraction of sp³-hybridized carbons (Fsp3) is 0.458. The quantitative estimate of drug-likeness (QED) is 0.120. The summed E-state index contributed by atoms with van der Waals surface area (Å²) >= 11 is 0. The lowest BCUT2D eigenvalue weighted by Crippen LogP contribution is -2.63. The molecule has 0 radical (unpaired) electrons. The van der Waals surface area contributed by atoms with E-state index in [0.717, 1.165) is 94.5 Å². The molecule has 4 aliphatic heterocycles. The zero-order chi connectivity index (χ0) is 42.3. The van der Waals surface area contributed by atoms with Gasteiger partial charge in [-0.15, -0.1) is 6.58 Å². The van der Waals surface area contributed by atoms with Crippen molar-refractivity contribution in [3.8, 4) is 5.82 Å². The smallest absolute Gasteiger partial charge is 0.278 e. The van der Waals surface area contributed by atoms with Gasteiger partial charge in [0.25, 0.3) is 5.56 Å². The van der Waals surface area contributed by atoms with Gasteiger partial charge in [-0.05, 0) is 98.0 Å². The molecule has 2 aromatic carbocycles. The van der Waals surface area contributed by atoms with Gasteiger partial charge in [0.15, 0.2) is 11.5 Å². The number of anilines is 4. The second-order valence-corrected chi connectivity index (χ2v) is 17.9. The van der Waals surface area contributed by atoms with Gasteiger partial charge in [-0.1, -0.05) is 31.2 Å². The van der Waals surface area contributed by atoms with E-state index in [4.69, 9.17) is 9.97 Å². The van der Waals surface area contributed by atoms with Crippen molar-refractivity contribution in [3.63, 3.8) is 0 Å². The third-order valence-electron chi connectivity index (χ3n) is 14.1. The molecule has 5 aromatic rings. The number of amides is 2. The van der Waals surface area contributed by atoms with E-state index >= 15 is 0 Å². The van der Waals surface area contributed by atoms with Crippen LogP contribution in [0.5, 0.6) is 0 Å². The maximum Gasteiger partial charge on any atom is 0.278 e. The van der Waals surface area contributed by atoms with E-state index in [2.05, 4.69) is 103 Å². The number of fused-ring (bicyclic) bond motifs is 2. The number of likely N-dealkylation sites (tertiary alicyclic amines) is 1. The highest BCUT2D eigenvalue weighted by molar-refractivity contribution is 6.01. The number of carbonyl (C=O) groups excluding carboxylic acids is 2. The van der Waals surface area contributed by atoms with Crippen LogP contribution in [0.1, 0.15) is 74.1 Å². The van der Waals surface area contributed by atoms with Gasteiger partial charge in [0.1, 0.15) is 5.39 Å². The summed E-state index contributed by atoms with van der Waals surface area (Å²) in [4.78, 5) is 62.2. The zero-order valence-electron chi connectivity index (χ0n) is 35.7. The summed E-state index contributed by atoms with van der Waals surface area (Å²) in [7, 11) is 0. The van der Waals surface area contributed by atoms with Gasteiger partial charge in [0.05, 0.1) is 12.5 Å². The highest BCUT2D eigenvalue weighted by Crippen LogP contribution is 2.35.